The van der Waals surface area contributed by atoms with Crippen LogP contribution in [0.5, 0.6) is 0 Å². The van der Waals surface area contributed by atoms with Gasteiger partial charge in [0.2, 0.25) is 5.91 Å². The molecule has 0 bridgehead atoms. The summed E-state index contributed by atoms with van der Waals surface area (Å²) in [6.45, 7) is 3.47. The first-order chi connectivity index (χ1) is 12.6. The fraction of sp³-hybridized carbons (Fsp3) is 0.400. The molecule has 2 unspecified atom stereocenters. The van der Waals surface area contributed by atoms with Crippen molar-refractivity contribution >= 4 is 23.2 Å². The van der Waals surface area contributed by atoms with Gasteiger partial charge in [-0.3, -0.25) is 9.59 Å². The fourth-order valence-electron chi connectivity index (χ4n) is 3.39. The van der Waals surface area contributed by atoms with Gasteiger partial charge >= 0.3 is 0 Å². The zero-order valence-electron chi connectivity index (χ0n) is 14.8. The van der Waals surface area contributed by atoms with Crippen molar-refractivity contribution in [2.75, 3.05) is 19.6 Å². The SMILES string of the molecule is CCCCNC(=O)C1CN(C(=O)c2cccs2)CC1c1cccc(F)c1. The average molecular weight is 374 g/mol. The van der Waals surface area contributed by atoms with E-state index in [-0.39, 0.29) is 29.5 Å². The number of carbonyl (C=O) groups excluding carboxylic acids is 2. The van der Waals surface area contributed by atoms with Crippen LogP contribution in [0.4, 0.5) is 4.39 Å². The van der Waals surface area contributed by atoms with Gasteiger partial charge in [0.1, 0.15) is 5.82 Å². The Bertz CT molecular complexity index is 763. The summed E-state index contributed by atoms with van der Waals surface area (Å²) >= 11 is 1.39. The number of benzene rings is 1. The second-order valence-corrected chi connectivity index (χ2v) is 7.55. The van der Waals surface area contributed by atoms with E-state index in [4.69, 9.17) is 0 Å². The third-order valence-corrected chi connectivity index (χ3v) is 5.64. The smallest absolute Gasteiger partial charge is 0.263 e. The highest BCUT2D eigenvalue weighted by Crippen LogP contribution is 2.34. The first kappa shape index (κ1) is 18.6. The lowest BCUT2D eigenvalue weighted by atomic mass is 9.88. The first-order valence-electron chi connectivity index (χ1n) is 8.96. The highest BCUT2D eigenvalue weighted by atomic mass is 32.1. The molecule has 4 nitrogen and oxygen atoms in total. The van der Waals surface area contributed by atoms with Crippen molar-refractivity contribution in [3.8, 4) is 0 Å². The third-order valence-electron chi connectivity index (χ3n) is 4.78. The van der Waals surface area contributed by atoms with Gasteiger partial charge in [0.05, 0.1) is 10.8 Å². The Morgan fingerprint density at radius 1 is 1.27 bits per heavy atom. The molecule has 2 atom stereocenters. The normalized spacial score (nSPS) is 19.5. The minimum Gasteiger partial charge on any atom is -0.356 e. The molecule has 3 rings (SSSR count). The summed E-state index contributed by atoms with van der Waals surface area (Å²) < 4.78 is 13.7. The molecule has 0 saturated carbocycles. The number of nitrogens with zero attached hydrogens (tertiary/aromatic N) is 1. The fourth-order valence-corrected chi connectivity index (χ4v) is 4.08. The van der Waals surface area contributed by atoms with Crippen LogP contribution in [0.2, 0.25) is 0 Å². The van der Waals surface area contributed by atoms with E-state index in [9.17, 15) is 14.0 Å². The molecule has 1 aliphatic rings. The number of hydrogen-bond donors (Lipinski definition) is 1. The Hall–Kier alpha value is -2.21. The second-order valence-electron chi connectivity index (χ2n) is 6.60. The largest absolute Gasteiger partial charge is 0.356 e. The molecule has 1 fully saturated rings. The molecule has 1 aromatic carbocycles. The van der Waals surface area contributed by atoms with Crippen molar-refractivity contribution in [2.45, 2.75) is 25.7 Å². The van der Waals surface area contributed by atoms with Crippen LogP contribution in [0, 0.1) is 11.7 Å². The molecular weight excluding hydrogens is 351 g/mol. The summed E-state index contributed by atoms with van der Waals surface area (Å²) in [6.07, 6.45) is 1.92. The van der Waals surface area contributed by atoms with Crippen LogP contribution in [0.3, 0.4) is 0 Å². The molecule has 2 amide bonds. The molecule has 138 valence electrons. The van der Waals surface area contributed by atoms with Crippen molar-refractivity contribution in [2.24, 2.45) is 5.92 Å². The molecule has 1 aromatic heterocycles. The van der Waals surface area contributed by atoms with Crippen LogP contribution >= 0.6 is 11.3 Å². The Balaban J connectivity index is 1.81. The summed E-state index contributed by atoms with van der Waals surface area (Å²) in [5, 5.41) is 4.83. The number of unbranched alkanes of at least 4 members (excludes halogenated alkanes) is 1. The van der Waals surface area contributed by atoms with E-state index in [1.807, 2.05) is 17.5 Å². The minimum absolute atomic E-state index is 0.0609. The third kappa shape index (κ3) is 4.12. The molecule has 2 heterocycles. The van der Waals surface area contributed by atoms with Crippen molar-refractivity contribution in [1.82, 2.24) is 10.2 Å². The molecule has 1 saturated heterocycles. The van der Waals surface area contributed by atoms with Gasteiger partial charge < -0.3 is 10.2 Å². The quantitative estimate of drug-likeness (QED) is 0.785. The van der Waals surface area contributed by atoms with Gasteiger partial charge in [-0.25, -0.2) is 4.39 Å². The molecule has 0 aliphatic carbocycles. The highest BCUT2D eigenvalue weighted by molar-refractivity contribution is 7.12. The predicted molar refractivity (Wildman–Crippen MR) is 101 cm³/mol. The number of nitrogens with one attached hydrogen (secondary N) is 1. The van der Waals surface area contributed by atoms with Gasteiger partial charge in [-0.05, 0) is 35.6 Å². The van der Waals surface area contributed by atoms with Gasteiger partial charge in [0, 0.05) is 25.6 Å². The zero-order valence-corrected chi connectivity index (χ0v) is 15.6. The molecule has 1 aliphatic heterocycles. The highest BCUT2D eigenvalue weighted by Gasteiger charge is 2.40. The maximum Gasteiger partial charge on any atom is 0.263 e. The van der Waals surface area contributed by atoms with Crippen molar-refractivity contribution in [3.63, 3.8) is 0 Å². The van der Waals surface area contributed by atoms with Crippen molar-refractivity contribution in [1.29, 1.82) is 0 Å². The Morgan fingerprint density at radius 2 is 2.12 bits per heavy atom. The summed E-state index contributed by atoms with van der Waals surface area (Å²) in [6, 6.07) is 9.98. The van der Waals surface area contributed by atoms with Gasteiger partial charge in [0.25, 0.3) is 5.91 Å². The topological polar surface area (TPSA) is 49.4 Å². The summed E-state index contributed by atoms with van der Waals surface area (Å²) in [7, 11) is 0. The van der Waals surface area contributed by atoms with E-state index >= 15 is 0 Å². The lowest BCUT2D eigenvalue weighted by Gasteiger charge is -2.18. The van der Waals surface area contributed by atoms with Gasteiger partial charge in [0.15, 0.2) is 0 Å². The molecule has 6 heteroatoms. The molecule has 1 N–H and O–H groups in total. The second kappa shape index (κ2) is 8.45. The van der Waals surface area contributed by atoms with Crippen molar-refractivity contribution in [3.05, 3.63) is 58.0 Å². The molecule has 0 radical (unpaired) electrons. The number of rotatable bonds is 6. The zero-order chi connectivity index (χ0) is 18.5. The van der Waals surface area contributed by atoms with Crippen LogP contribution in [-0.2, 0) is 4.79 Å². The number of halogens is 1. The van der Waals surface area contributed by atoms with Crippen LogP contribution < -0.4 is 5.32 Å². The van der Waals surface area contributed by atoms with Crippen LogP contribution in [0.1, 0.15) is 40.9 Å². The maximum absolute atomic E-state index is 13.7. The van der Waals surface area contributed by atoms with Crippen LogP contribution in [-0.4, -0.2) is 36.3 Å². The number of likely N-dealkylation sites (tertiary alicyclic amines) is 1. The van der Waals surface area contributed by atoms with E-state index in [2.05, 4.69) is 12.2 Å². The number of carbonyl (C=O) groups is 2. The summed E-state index contributed by atoms with van der Waals surface area (Å²) in [5.74, 6) is -1.01. The lowest BCUT2D eigenvalue weighted by Crippen LogP contribution is -2.36. The molecule has 26 heavy (non-hydrogen) atoms. The van der Waals surface area contributed by atoms with E-state index in [1.54, 1.807) is 17.0 Å². The minimum atomic E-state index is -0.363. The molecular formula is C20H23FN2O2S. The lowest BCUT2D eigenvalue weighted by molar-refractivity contribution is -0.124. The number of amides is 2. The van der Waals surface area contributed by atoms with E-state index in [1.165, 1.54) is 23.5 Å². The van der Waals surface area contributed by atoms with Gasteiger partial charge in [-0.15, -0.1) is 11.3 Å². The van der Waals surface area contributed by atoms with E-state index in [0.29, 0.717) is 24.5 Å². The van der Waals surface area contributed by atoms with E-state index < -0.39 is 0 Å². The predicted octanol–water partition coefficient (Wildman–Crippen LogP) is 3.66. The Kier molecular flexibility index (Phi) is 6.04. The van der Waals surface area contributed by atoms with Gasteiger partial charge in [-0.1, -0.05) is 31.5 Å². The Morgan fingerprint density at radius 3 is 2.81 bits per heavy atom. The van der Waals surface area contributed by atoms with Gasteiger partial charge in [-0.2, -0.15) is 0 Å². The number of thiophene rings is 1. The van der Waals surface area contributed by atoms with Crippen molar-refractivity contribution < 1.29 is 14.0 Å². The summed E-state index contributed by atoms with van der Waals surface area (Å²) in [5.41, 5.74) is 0.766. The first-order valence-corrected chi connectivity index (χ1v) is 9.84. The average Bonchev–Trinajstić information content (AvgIpc) is 3.31. The standard InChI is InChI=1S/C20H23FN2O2S/c1-2-3-9-22-19(24)17-13-23(20(25)18-8-5-10-26-18)12-16(17)14-6-4-7-15(21)11-14/h4-8,10-11,16-17H,2-3,9,12-13H2,1H3,(H,22,24). The molecule has 2 aromatic rings. The maximum atomic E-state index is 13.7. The monoisotopic (exact) mass is 374 g/mol. The number of hydrogen-bond acceptors (Lipinski definition) is 3. The Labute approximate surface area is 157 Å². The van der Waals surface area contributed by atoms with Crippen LogP contribution in [0.25, 0.3) is 0 Å². The van der Waals surface area contributed by atoms with Crippen LogP contribution in [0.15, 0.2) is 41.8 Å². The molecule has 0 spiro atoms. The summed E-state index contributed by atoms with van der Waals surface area (Å²) in [4.78, 5) is 27.8. The van der Waals surface area contributed by atoms with E-state index in [0.717, 1.165) is 18.4 Å².